The Balaban J connectivity index is 1.85. The van der Waals surface area contributed by atoms with E-state index in [1.165, 1.54) is 0 Å². The van der Waals surface area contributed by atoms with Crippen LogP contribution in [0.5, 0.6) is 5.75 Å². The van der Waals surface area contributed by atoms with Gasteiger partial charge in [0.05, 0.1) is 13.1 Å². The topological polar surface area (TPSA) is 51.1 Å². The van der Waals surface area contributed by atoms with E-state index in [1.54, 1.807) is 4.90 Å². The lowest BCUT2D eigenvalue weighted by Gasteiger charge is -2.24. The molecule has 1 aromatic carbocycles. The fourth-order valence-electron chi connectivity index (χ4n) is 2.31. The molecule has 0 bridgehead atoms. The lowest BCUT2D eigenvalue weighted by Crippen LogP contribution is -2.36. The summed E-state index contributed by atoms with van der Waals surface area (Å²) in [5.41, 5.74) is 0.634. The summed E-state index contributed by atoms with van der Waals surface area (Å²) in [6.45, 7) is 10.9. The van der Waals surface area contributed by atoms with Crippen molar-refractivity contribution in [1.82, 2.24) is 4.90 Å². The van der Waals surface area contributed by atoms with E-state index in [9.17, 15) is 4.79 Å². The normalized spacial score (nSPS) is 18.1. The molecule has 22 heavy (non-hydrogen) atoms. The molecule has 1 atom stereocenters. The van der Waals surface area contributed by atoms with Crippen molar-refractivity contribution in [3.63, 3.8) is 0 Å². The van der Waals surface area contributed by atoms with Crippen LogP contribution in [0.15, 0.2) is 29.3 Å². The summed E-state index contributed by atoms with van der Waals surface area (Å²) in [7, 11) is 0. The van der Waals surface area contributed by atoms with Gasteiger partial charge in [0.25, 0.3) is 0 Å². The Morgan fingerprint density at radius 2 is 2.05 bits per heavy atom. The maximum Gasteiger partial charge on any atom is 0.410 e. The zero-order valence-corrected chi connectivity index (χ0v) is 13.5. The molecule has 1 unspecified atom stereocenters. The summed E-state index contributed by atoms with van der Waals surface area (Å²) in [5, 5.41) is 0. The minimum Gasteiger partial charge on any atom is -0.489 e. The molecule has 1 aromatic rings. The molecule has 0 aromatic heterocycles. The van der Waals surface area contributed by atoms with Gasteiger partial charge in [-0.15, -0.1) is 0 Å². The van der Waals surface area contributed by atoms with Crippen molar-refractivity contribution in [3.8, 4) is 5.75 Å². The first kappa shape index (κ1) is 16.3. The second-order valence-electron chi connectivity index (χ2n) is 6.48. The molecule has 0 saturated carbocycles. The Morgan fingerprint density at radius 3 is 2.64 bits per heavy atom. The standard InChI is InChI=1S/C17H24N2O3/c1-17(2,3)22-16(20)19-10-9-15(12-19)21-14-7-5-13(6-8-14)11-18-4/h5-8,15H,4,9-12H2,1-3H3. The Labute approximate surface area is 131 Å². The molecule has 0 radical (unpaired) electrons. The number of likely N-dealkylation sites (tertiary alicyclic amines) is 1. The molecule has 1 aliphatic rings. The zero-order valence-electron chi connectivity index (χ0n) is 13.5. The number of carbonyl (C=O) groups is 1. The van der Waals surface area contributed by atoms with Gasteiger partial charge in [0.2, 0.25) is 0 Å². The maximum absolute atomic E-state index is 12.0. The molecule has 0 N–H and O–H groups in total. The summed E-state index contributed by atoms with van der Waals surface area (Å²) >= 11 is 0. The van der Waals surface area contributed by atoms with Crippen molar-refractivity contribution in [2.75, 3.05) is 13.1 Å². The summed E-state index contributed by atoms with van der Waals surface area (Å²) in [6.07, 6.45) is 0.553. The van der Waals surface area contributed by atoms with Crippen LogP contribution in [0.2, 0.25) is 0 Å². The van der Waals surface area contributed by atoms with Crippen LogP contribution in [0.25, 0.3) is 0 Å². The predicted molar refractivity (Wildman–Crippen MR) is 86.5 cm³/mol. The second-order valence-corrected chi connectivity index (χ2v) is 6.48. The number of rotatable bonds is 4. The Bertz CT molecular complexity index is 520. The predicted octanol–water partition coefficient (Wildman–Crippen LogP) is 3.28. The molecule has 0 aliphatic carbocycles. The number of aliphatic imine (C=N–C) groups is 1. The number of ether oxygens (including phenoxy) is 2. The highest BCUT2D eigenvalue weighted by molar-refractivity contribution is 5.68. The zero-order chi connectivity index (χ0) is 16.2. The fourth-order valence-corrected chi connectivity index (χ4v) is 2.31. The average Bonchev–Trinajstić information content (AvgIpc) is 2.88. The van der Waals surface area contributed by atoms with Crippen molar-refractivity contribution in [3.05, 3.63) is 29.8 Å². The van der Waals surface area contributed by atoms with Gasteiger partial charge < -0.3 is 14.4 Å². The summed E-state index contributed by atoms with van der Waals surface area (Å²) in [4.78, 5) is 17.6. The maximum atomic E-state index is 12.0. The molecule has 1 aliphatic heterocycles. The summed E-state index contributed by atoms with van der Waals surface area (Å²) in [6, 6.07) is 7.81. The van der Waals surface area contributed by atoms with Gasteiger partial charge in [-0.1, -0.05) is 12.1 Å². The third-order valence-corrected chi connectivity index (χ3v) is 3.32. The van der Waals surface area contributed by atoms with Crippen molar-refractivity contribution in [1.29, 1.82) is 0 Å². The van der Waals surface area contributed by atoms with Crippen LogP contribution < -0.4 is 4.74 Å². The number of hydrogen-bond donors (Lipinski definition) is 0. The highest BCUT2D eigenvalue weighted by Gasteiger charge is 2.30. The lowest BCUT2D eigenvalue weighted by atomic mass is 10.2. The van der Waals surface area contributed by atoms with Gasteiger partial charge in [-0.2, -0.15) is 0 Å². The van der Waals surface area contributed by atoms with Gasteiger partial charge >= 0.3 is 6.09 Å². The fraction of sp³-hybridized carbons (Fsp3) is 0.529. The van der Waals surface area contributed by atoms with E-state index in [0.29, 0.717) is 19.6 Å². The molecular formula is C17H24N2O3. The van der Waals surface area contributed by atoms with Crippen molar-refractivity contribution in [2.24, 2.45) is 4.99 Å². The quantitative estimate of drug-likeness (QED) is 0.802. The van der Waals surface area contributed by atoms with Crippen LogP contribution in [0.3, 0.4) is 0 Å². The molecule has 120 valence electrons. The van der Waals surface area contributed by atoms with Gasteiger partial charge in [-0.05, 0) is 45.2 Å². The van der Waals surface area contributed by atoms with E-state index in [1.807, 2.05) is 45.0 Å². The SMILES string of the molecule is C=NCc1ccc(OC2CCN(C(=O)OC(C)(C)C)C2)cc1. The average molecular weight is 304 g/mol. The van der Waals surface area contributed by atoms with E-state index >= 15 is 0 Å². The molecule has 1 amide bonds. The smallest absolute Gasteiger partial charge is 0.410 e. The highest BCUT2D eigenvalue weighted by Crippen LogP contribution is 2.21. The second kappa shape index (κ2) is 6.81. The summed E-state index contributed by atoms with van der Waals surface area (Å²) < 4.78 is 11.3. The van der Waals surface area contributed by atoms with Crippen LogP contribution in [-0.2, 0) is 11.3 Å². The van der Waals surface area contributed by atoms with Crippen LogP contribution >= 0.6 is 0 Å². The monoisotopic (exact) mass is 304 g/mol. The first-order valence-corrected chi connectivity index (χ1v) is 7.53. The third kappa shape index (κ3) is 4.76. The molecule has 1 fully saturated rings. The molecular weight excluding hydrogens is 280 g/mol. The number of benzene rings is 1. The van der Waals surface area contributed by atoms with Gasteiger partial charge in [-0.25, -0.2) is 4.79 Å². The Morgan fingerprint density at radius 1 is 1.36 bits per heavy atom. The molecule has 2 rings (SSSR count). The number of amides is 1. The Kier molecular flexibility index (Phi) is 5.06. The molecule has 5 nitrogen and oxygen atoms in total. The van der Waals surface area contributed by atoms with E-state index in [-0.39, 0.29) is 12.2 Å². The molecule has 0 spiro atoms. The van der Waals surface area contributed by atoms with E-state index < -0.39 is 5.60 Å². The minimum atomic E-state index is -0.467. The van der Waals surface area contributed by atoms with Gasteiger partial charge in [0.15, 0.2) is 0 Å². The third-order valence-electron chi connectivity index (χ3n) is 3.32. The van der Waals surface area contributed by atoms with Gasteiger partial charge in [0.1, 0.15) is 17.5 Å². The Hall–Kier alpha value is -2.04. The largest absolute Gasteiger partial charge is 0.489 e. The van der Waals surface area contributed by atoms with Crippen molar-refractivity contribution >= 4 is 12.8 Å². The van der Waals surface area contributed by atoms with Gasteiger partial charge in [-0.3, -0.25) is 4.99 Å². The molecule has 5 heteroatoms. The number of nitrogens with zero attached hydrogens (tertiary/aromatic N) is 2. The van der Waals surface area contributed by atoms with E-state index in [0.717, 1.165) is 17.7 Å². The molecule has 1 heterocycles. The summed E-state index contributed by atoms with van der Waals surface area (Å²) in [5.74, 6) is 0.809. The minimum absolute atomic E-state index is 0.0101. The first-order valence-electron chi connectivity index (χ1n) is 7.53. The first-order chi connectivity index (χ1) is 10.4. The number of carbonyl (C=O) groups excluding carboxylic acids is 1. The van der Waals surface area contributed by atoms with E-state index in [4.69, 9.17) is 9.47 Å². The van der Waals surface area contributed by atoms with Crippen LogP contribution in [0, 0.1) is 0 Å². The van der Waals surface area contributed by atoms with Crippen LogP contribution in [0.1, 0.15) is 32.8 Å². The van der Waals surface area contributed by atoms with Crippen LogP contribution in [0.4, 0.5) is 4.79 Å². The number of hydrogen-bond acceptors (Lipinski definition) is 4. The lowest BCUT2D eigenvalue weighted by molar-refractivity contribution is 0.0275. The highest BCUT2D eigenvalue weighted by atomic mass is 16.6. The van der Waals surface area contributed by atoms with E-state index in [2.05, 4.69) is 11.7 Å². The van der Waals surface area contributed by atoms with Crippen LogP contribution in [-0.4, -0.2) is 42.5 Å². The van der Waals surface area contributed by atoms with Crippen molar-refractivity contribution < 1.29 is 14.3 Å². The van der Waals surface area contributed by atoms with Crippen molar-refractivity contribution in [2.45, 2.75) is 45.4 Å². The van der Waals surface area contributed by atoms with Gasteiger partial charge in [0, 0.05) is 13.0 Å². The molecule has 1 saturated heterocycles.